The Bertz CT molecular complexity index is 545. The summed E-state index contributed by atoms with van der Waals surface area (Å²) in [5, 5.41) is 2.43. The average molecular weight is 322 g/mol. The summed E-state index contributed by atoms with van der Waals surface area (Å²) in [7, 11) is 0. The lowest BCUT2D eigenvalue weighted by Crippen LogP contribution is -2.48. The molecule has 0 aliphatic rings. The summed E-state index contributed by atoms with van der Waals surface area (Å²) in [4.78, 5) is 23.1. The van der Waals surface area contributed by atoms with Gasteiger partial charge >= 0.3 is 12.0 Å². The van der Waals surface area contributed by atoms with Gasteiger partial charge in [-0.3, -0.25) is 0 Å². The van der Waals surface area contributed by atoms with Crippen LogP contribution in [0.5, 0.6) is 5.75 Å². The van der Waals surface area contributed by atoms with E-state index in [0.29, 0.717) is 0 Å². The number of nitrogens with one attached hydrogen (secondary N) is 1. The van der Waals surface area contributed by atoms with Crippen LogP contribution in [0.25, 0.3) is 0 Å². The first-order valence-electron chi connectivity index (χ1n) is 7.77. The van der Waals surface area contributed by atoms with Crippen molar-refractivity contribution < 1.29 is 19.1 Å². The monoisotopic (exact) mass is 322 g/mol. The van der Waals surface area contributed by atoms with Crippen molar-refractivity contribution in [3.8, 4) is 5.75 Å². The molecule has 23 heavy (non-hydrogen) atoms. The van der Waals surface area contributed by atoms with Gasteiger partial charge in [-0.2, -0.15) is 0 Å². The van der Waals surface area contributed by atoms with Crippen LogP contribution >= 0.6 is 0 Å². The highest BCUT2D eigenvalue weighted by Gasteiger charge is 2.26. The number of hydrogen-bond acceptors (Lipinski definition) is 4. The summed E-state index contributed by atoms with van der Waals surface area (Å²) in [6, 6.07) is 4.45. The van der Waals surface area contributed by atoms with Gasteiger partial charge in [0.1, 0.15) is 25.0 Å². The molecule has 2 atom stereocenters. The molecule has 0 saturated heterocycles. The van der Waals surface area contributed by atoms with Gasteiger partial charge in [0, 0.05) is 0 Å². The fraction of sp³-hybridized carbons (Fsp3) is 0.529. The number of carbonyl (C=O) groups is 2. The molecule has 0 aliphatic carbocycles. The van der Waals surface area contributed by atoms with Gasteiger partial charge in [-0.25, -0.2) is 9.59 Å². The van der Waals surface area contributed by atoms with Crippen LogP contribution in [0.3, 0.4) is 0 Å². The zero-order valence-corrected chi connectivity index (χ0v) is 14.2. The van der Waals surface area contributed by atoms with E-state index in [4.69, 9.17) is 15.2 Å². The molecule has 0 spiro atoms. The maximum Gasteiger partial charge on any atom is 0.329 e. The fourth-order valence-corrected chi connectivity index (χ4v) is 2.07. The Hall–Kier alpha value is -2.24. The second-order valence-electron chi connectivity index (χ2n) is 5.66. The Balaban J connectivity index is 2.48. The number of aryl methyl sites for hydroxylation is 2. The van der Waals surface area contributed by atoms with E-state index < -0.39 is 18.0 Å². The minimum Gasteiger partial charge on any atom is -0.490 e. The summed E-state index contributed by atoms with van der Waals surface area (Å²) in [6.45, 7) is 8.08. The third-order valence-electron chi connectivity index (χ3n) is 3.69. The third-order valence-corrected chi connectivity index (χ3v) is 3.69. The molecular formula is C17H26N2O4. The summed E-state index contributed by atoms with van der Waals surface area (Å²) >= 11 is 0. The first-order chi connectivity index (χ1) is 10.8. The van der Waals surface area contributed by atoms with Gasteiger partial charge in [0.25, 0.3) is 0 Å². The molecule has 1 aromatic carbocycles. The van der Waals surface area contributed by atoms with Crippen LogP contribution in [0, 0.1) is 19.8 Å². The van der Waals surface area contributed by atoms with E-state index in [-0.39, 0.29) is 19.1 Å². The largest absolute Gasteiger partial charge is 0.490 e. The van der Waals surface area contributed by atoms with Crippen LogP contribution in [0.4, 0.5) is 4.79 Å². The van der Waals surface area contributed by atoms with Crippen molar-refractivity contribution in [2.75, 3.05) is 13.2 Å². The molecule has 1 rings (SSSR count). The van der Waals surface area contributed by atoms with E-state index in [1.165, 1.54) is 0 Å². The molecule has 2 amide bonds. The number of rotatable bonds is 8. The van der Waals surface area contributed by atoms with E-state index in [2.05, 4.69) is 5.32 Å². The molecule has 0 bridgehead atoms. The highest BCUT2D eigenvalue weighted by atomic mass is 16.6. The second kappa shape index (κ2) is 9.02. The van der Waals surface area contributed by atoms with Gasteiger partial charge in [0.15, 0.2) is 0 Å². The zero-order valence-electron chi connectivity index (χ0n) is 14.2. The van der Waals surface area contributed by atoms with Crippen molar-refractivity contribution in [1.82, 2.24) is 5.32 Å². The summed E-state index contributed by atoms with van der Waals surface area (Å²) < 4.78 is 10.8. The molecule has 6 nitrogen and oxygen atoms in total. The molecule has 0 aromatic heterocycles. The molecular weight excluding hydrogens is 296 g/mol. The highest BCUT2D eigenvalue weighted by molar-refractivity contribution is 5.83. The summed E-state index contributed by atoms with van der Waals surface area (Å²) in [5.41, 5.74) is 7.23. The lowest BCUT2D eigenvalue weighted by Gasteiger charge is -2.21. The second-order valence-corrected chi connectivity index (χ2v) is 5.66. The van der Waals surface area contributed by atoms with Gasteiger partial charge in [0.2, 0.25) is 0 Å². The number of nitrogens with two attached hydrogens (primary N) is 1. The predicted octanol–water partition coefficient (Wildman–Crippen LogP) is 2.31. The molecule has 6 heteroatoms. The number of amides is 2. The van der Waals surface area contributed by atoms with Gasteiger partial charge < -0.3 is 20.5 Å². The number of urea groups is 1. The molecule has 2 unspecified atom stereocenters. The van der Waals surface area contributed by atoms with Crippen molar-refractivity contribution in [3.05, 3.63) is 29.3 Å². The highest BCUT2D eigenvalue weighted by Crippen LogP contribution is 2.18. The standard InChI is InChI=1S/C17H26N2O4/c1-5-12(3)15(19-17(18)21)16(20)23-9-8-22-14-10-11(2)6-7-13(14)4/h6-7,10,12,15H,5,8-9H2,1-4H3,(H3,18,19,21). The zero-order chi connectivity index (χ0) is 17.4. The average Bonchev–Trinajstić information content (AvgIpc) is 2.51. The molecule has 128 valence electrons. The van der Waals surface area contributed by atoms with Crippen molar-refractivity contribution in [3.63, 3.8) is 0 Å². The third kappa shape index (κ3) is 6.18. The number of primary amides is 1. The molecule has 0 heterocycles. The number of hydrogen-bond donors (Lipinski definition) is 2. The smallest absolute Gasteiger partial charge is 0.329 e. The number of benzene rings is 1. The fourth-order valence-electron chi connectivity index (χ4n) is 2.07. The Morgan fingerprint density at radius 1 is 1.26 bits per heavy atom. The minimum atomic E-state index is -0.738. The lowest BCUT2D eigenvalue weighted by molar-refractivity contribution is -0.148. The van der Waals surface area contributed by atoms with Crippen molar-refractivity contribution in [1.29, 1.82) is 0 Å². The van der Waals surface area contributed by atoms with Gasteiger partial charge in [-0.15, -0.1) is 0 Å². The number of carbonyl (C=O) groups excluding carboxylic acids is 2. The van der Waals surface area contributed by atoms with Crippen LogP contribution in [0.15, 0.2) is 18.2 Å². The molecule has 3 N–H and O–H groups in total. The van der Waals surface area contributed by atoms with E-state index in [0.717, 1.165) is 23.3 Å². The SMILES string of the molecule is CCC(C)C(NC(N)=O)C(=O)OCCOc1cc(C)ccc1C. The van der Waals surface area contributed by atoms with Gasteiger partial charge in [0.05, 0.1) is 0 Å². The Kier molecular flexibility index (Phi) is 7.38. The predicted molar refractivity (Wildman–Crippen MR) is 88.3 cm³/mol. The van der Waals surface area contributed by atoms with Crippen molar-refractivity contribution in [2.45, 2.75) is 40.2 Å². The van der Waals surface area contributed by atoms with Crippen LogP contribution < -0.4 is 15.8 Å². The first kappa shape index (κ1) is 18.8. The van der Waals surface area contributed by atoms with E-state index in [1.54, 1.807) is 0 Å². The van der Waals surface area contributed by atoms with E-state index >= 15 is 0 Å². The molecule has 0 fully saturated rings. The molecule has 0 saturated carbocycles. The molecule has 0 radical (unpaired) electrons. The van der Waals surface area contributed by atoms with Crippen LogP contribution in [0.2, 0.25) is 0 Å². The number of esters is 1. The Morgan fingerprint density at radius 3 is 2.57 bits per heavy atom. The maximum atomic E-state index is 12.1. The van der Waals surface area contributed by atoms with Gasteiger partial charge in [-0.1, -0.05) is 32.4 Å². The molecule has 1 aromatic rings. The molecule has 0 aliphatic heterocycles. The minimum absolute atomic E-state index is 0.0602. The first-order valence-corrected chi connectivity index (χ1v) is 7.77. The number of ether oxygens (including phenoxy) is 2. The maximum absolute atomic E-state index is 12.1. The van der Waals surface area contributed by atoms with Crippen LogP contribution in [-0.2, 0) is 9.53 Å². The Morgan fingerprint density at radius 2 is 1.96 bits per heavy atom. The summed E-state index contributed by atoms with van der Waals surface area (Å²) in [6.07, 6.45) is 0.721. The van der Waals surface area contributed by atoms with Crippen LogP contribution in [-0.4, -0.2) is 31.3 Å². The normalized spacial score (nSPS) is 13.0. The van der Waals surface area contributed by atoms with E-state index in [1.807, 2.05) is 45.9 Å². The van der Waals surface area contributed by atoms with Gasteiger partial charge in [-0.05, 0) is 37.0 Å². The summed E-state index contributed by atoms with van der Waals surface area (Å²) in [5.74, 6) is 0.215. The Labute approximate surface area is 137 Å². The topological polar surface area (TPSA) is 90.7 Å². The van der Waals surface area contributed by atoms with Crippen LogP contribution in [0.1, 0.15) is 31.4 Å². The lowest BCUT2D eigenvalue weighted by atomic mass is 9.99. The van der Waals surface area contributed by atoms with E-state index in [9.17, 15) is 9.59 Å². The quantitative estimate of drug-likeness (QED) is 0.567. The van der Waals surface area contributed by atoms with Crippen molar-refractivity contribution >= 4 is 12.0 Å². The van der Waals surface area contributed by atoms with Crippen molar-refractivity contribution in [2.24, 2.45) is 11.7 Å².